The third kappa shape index (κ3) is 4.80. The predicted molar refractivity (Wildman–Crippen MR) is 118 cm³/mol. The molecule has 2 atom stereocenters. The summed E-state index contributed by atoms with van der Waals surface area (Å²) in [5, 5.41) is 4.47. The molecule has 3 rings (SSSR count). The summed E-state index contributed by atoms with van der Waals surface area (Å²) in [4.78, 5) is 4.35. The van der Waals surface area contributed by atoms with E-state index < -0.39 is 24.4 Å². The SMILES string of the molecule is CC(C)(C)[Si](C)(C)OCC1CCCC(c2ncon2)N1S(=O)(=O)c1ccc(Cl)cc1. The molecule has 1 saturated heterocycles. The van der Waals surface area contributed by atoms with Gasteiger partial charge in [-0.25, -0.2) is 8.42 Å². The fourth-order valence-corrected chi connectivity index (χ4v) is 6.38. The van der Waals surface area contributed by atoms with E-state index in [1.165, 1.54) is 22.8 Å². The Kier molecular flexibility index (Phi) is 6.79. The molecule has 0 spiro atoms. The summed E-state index contributed by atoms with van der Waals surface area (Å²) in [6.07, 6.45) is 3.44. The molecule has 1 fully saturated rings. The van der Waals surface area contributed by atoms with Crippen molar-refractivity contribution in [3.63, 3.8) is 0 Å². The lowest BCUT2D eigenvalue weighted by Crippen LogP contribution is -2.51. The van der Waals surface area contributed by atoms with Gasteiger partial charge in [-0.15, -0.1) is 0 Å². The van der Waals surface area contributed by atoms with E-state index in [1.807, 2.05) is 0 Å². The Balaban J connectivity index is 1.97. The largest absolute Gasteiger partial charge is 0.415 e. The Hall–Kier alpha value is -1.26. The van der Waals surface area contributed by atoms with Crippen molar-refractivity contribution in [2.24, 2.45) is 0 Å². The molecular formula is C20H30ClN3O4SSi. The zero-order valence-electron chi connectivity index (χ0n) is 18.1. The van der Waals surface area contributed by atoms with Crippen LogP contribution >= 0.6 is 11.6 Å². The Labute approximate surface area is 184 Å². The van der Waals surface area contributed by atoms with Gasteiger partial charge < -0.3 is 8.95 Å². The van der Waals surface area contributed by atoms with Gasteiger partial charge in [-0.2, -0.15) is 9.29 Å². The van der Waals surface area contributed by atoms with Crippen molar-refractivity contribution in [1.29, 1.82) is 0 Å². The van der Waals surface area contributed by atoms with Crippen molar-refractivity contribution < 1.29 is 17.4 Å². The third-order valence-corrected chi connectivity index (χ3v) is 12.9. The number of nitrogens with zero attached hydrogens (tertiary/aromatic N) is 3. The normalized spacial score (nSPS) is 21.7. The molecule has 2 aromatic rings. The van der Waals surface area contributed by atoms with Crippen molar-refractivity contribution in [2.45, 2.75) is 75.1 Å². The first kappa shape index (κ1) is 23.4. The van der Waals surface area contributed by atoms with E-state index >= 15 is 0 Å². The summed E-state index contributed by atoms with van der Waals surface area (Å²) in [7, 11) is -5.86. The molecule has 2 heterocycles. The lowest BCUT2D eigenvalue weighted by atomic mass is 9.98. The van der Waals surface area contributed by atoms with Crippen LogP contribution in [-0.2, 0) is 14.4 Å². The van der Waals surface area contributed by atoms with Crippen LogP contribution in [0.2, 0.25) is 23.2 Å². The van der Waals surface area contributed by atoms with Gasteiger partial charge in [0.25, 0.3) is 0 Å². The summed E-state index contributed by atoms with van der Waals surface area (Å²) in [6.45, 7) is 11.2. The lowest BCUT2D eigenvalue weighted by Gasteiger charge is -2.42. The Morgan fingerprint density at radius 2 is 1.90 bits per heavy atom. The van der Waals surface area contributed by atoms with E-state index in [0.717, 1.165) is 12.8 Å². The van der Waals surface area contributed by atoms with E-state index in [0.29, 0.717) is 23.9 Å². The minimum atomic E-state index is -3.82. The van der Waals surface area contributed by atoms with Crippen LogP contribution in [-0.4, -0.2) is 43.8 Å². The van der Waals surface area contributed by atoms with Crippen LogP contribution in [0.15, 0.2) is 40.1 Å². The number of halogens is 1. The highest BCUT2D eigenvalue weighted by atomic mass is 35.5. The van der Waals surface area contributed by atoms with Gasteiger partial charge in [-0.3, -0.25) is 0 Å². The standard InChI is InChI=1S/C20H30ClN3O4SSi/c1-20(2,3)30(4,5)28-13-16-7-6-8-18(19-22-14-27-23-19)24(16)29(25,26)17-11-9-15(21)10-12-17/h9-12,14,16,18H,6-8,13H2,1-5H3. The molecule has 1 aromatic heterocycles. The highest BCUT2D eigenvalue weighted by molar-refractivity contribution is 7.89. The number of aromatic nitrogens is 2. The van der Waals surface area contributed by atoms with Gasteiger partial charge in [0.2, 0.25) is 16.4 Å². The Bertz CT molecular complexity index is 943. The van der Waals surface area contributed by atoms with Crippen molar-refractivity contribution >= 4 is 29.9 Å². The van der Waals surface area contributed by atoms with Crippen LogP contribution in [0.3, 0.4) is 0 Å². The fraction of sp³-hybridized carbons (Fsp3) is 0.600. The van der Waals surface area contributed by atoms with Gasteiger partial charge in [-0.1, -0.05) is 37.5 Å². The van der Waals surface area contributed by atoms with Crippen LogP contribution < -0.4 is 0 Å². The molecule has 10 heteroatoms. The second-order valence-corrected chi connectivity index (χ2v) is 16.3. The molecule has 7 nitrogen and oxygen atoms in total. The maximum absolute atomic E-state index is 13.7. The van der Waals surface area contributed by atoms with Crippen LogP contribution in [0.1, 0.15) is 51.9 Å². The van der Waals surface area contributed by atoms with Crippen LogP contribution in [0.5, 0.6) is 0 Å². The molecule has 2 unspecified atom stereocenters. The Morgan fingerprint density at radius 3 is 2.47 bits per heavy atom. The zero-order valence-corrected chi connectivity index (χ0v) is 20.7. The maximum Gasteiger partial charge on any atom is 0.244 e. The minimum Gasteiger partial charge on any atom is -0.415 e. The molecule has 0 radical (unpaired) electrons. The van der Waals surface area contributed by atoms with Crippen molar-refractivity contribution in [2.75, 3.05) is 6.61 Å². The van der Waals surface area contributed by atoms with Gasteiger partial charge in [0.05, 0.1) is 17.5 Å². The lowest BCUT2D eigenvalue weighted by molar-refractivity contribution is 0.114. The number of rotatable bonds is 6. The van der Waals surface area contributed by atoms with Gasteiger partial charge in [0.1, 0.15) is 0 Å². The average molecular weight is 472 g/mol. The van der Waals surface area contributed by atoms with Gasteiger partial charge >= 0.3 is 0 Å². The molecule has 0 saturated carbocycles. The van der Waals surface area contributed by atoms with Crippen molar-refractivity contribution in [3.8, 4) is 0 Å². The number of hydrogen-bond donors (Lipinski definition) is 0. The van der Waals surface area contributed by atoms with E-state index in [9.17, 15) is 8.42 Å². The first-order valence-electron chi connectivity index (χ1n) is 10.1. The highest BCUT2D eigenvalue weighted by Gasteiger charge is 2.44. The number of benzene rings is 1. The second kappa shape index (κ2) is 8.70. The van der Waals surface area contributed by atoms with E-state index in [4.69, 9.17) is 20.6 Å². The molecule has 30 heavy (non-hydrogen) atoms. The van der Waals surface area contributed by atoms with Gasteiger partial charge in [0.15, 0.2) is 14.1 Å². The molecule has 0 aliphatic carbocycles. The minimum absolute atomic E-state index is 0.0363. The smallest absolute Gasteiger partial charge is 0.244 e. The zero-order chi connectivity index (χ0) is 22.2. The topological polar surface area (TPSA) is 85.5 Å². The molecular weight excluding hydrogens is 442 g/mol. The molecule has 1 aliphatic heterocycles. The van der Waals surface area contributed by atoms with Gasteiger partial charge in [0, 0.05) is 11.1 Å². The van der Waals surface area contributed by atoms with Crippen molar-refractivity contribution in [1.82, 2.24) is 14.4 Å². The average Bonchev–Trinajstić information content (AvgIpc) is 3.20. The number of piperidine rings is 1. The van der Waals surface area contributed by atoms with Crippen molar-refractivity contribution in [3.05, 3.63) is 41.5 Å². The first-order valence-corrected chi connectivity index (χ1v) is 14.9. The van der Waals surface area contributed by atoms with Gasteiger partial charge in [-0.05, 0) is 61.7 Å². The summed E-state index contributed by atoms with van der Waals surface area (Å²) >= 11 is 5.97. The Morgan fingerprint density at radius 1 is 1.23 bits per heavy atom. The summed E-state index contributed by atoms with van der Waals surface area (Å²) < 4.78 is 40.2. The quantitative estimate of drug-likeness (QED) is 0.549. The van der Waals surface area contributed by atoms with Crippen LogP contribution in [0.25, 0.3) is 0 Å². The molecule has 0 bridgehead atoms. The fourth-order valence-electron chi connectivity index (χ4n) is 3.39. The number of sulfonamides is 1. The maximum atomic E-state index is 13.7. The molecule has 1 aliphatic rings. The molecule has 0 amide bonds. The van der Waals surface area contributed by atoms with E-state index in [1.54, 1.807) is 12.1 Å². The van der Waals surface area contributed by atoms with Crippen LogP contribution in [0, 0.1) is 0 Å². The monoisotopic (exact) mass is 471 g/mol. The summed E-state index contributed by atoms with van der Waals surface area (Å²) in [5.74, 6) is 0.379. The second-order valence-electron chi connectivity index (χ2n) is 9.25. The third-order valence-electron chi connectivity index (χ3n) is 6.19. The molecule has 1 aromatic carbocycles. The molecule has 0 N–H and O–H groups in total. The summed E-state index contributed by atoms with van der Waals surface area (Å²) in [5.41, 5.74) is 0. The summed E-state index contributed by atoms with van der Waals surface area (Å²) in [6, 6.07) is 5.44. The molecule has 166 valence electrons. The first-order chi connectivity index (χ1) is 13.9. The van der Waals surface area contributed by atoms with Crippen LogP contribution in [0.4, 0.5) is 0 Å². The number of hydrogen-bond acceptors (Lipinski definition) is 6. The highest BCUT2D eigenvalue weighted by Crippen LogP contribution is 2.40. The predicted octanol–water partition coefficient (Wildman–Crippen LogP) is 5.03. The van der Waals surface area contributed by atoms with E-state index in [2.05, 4.69) is 44.0 Å². The van der Waals surface area contributed by atoms with E-state index in [-0.39, 0.29) is 16.0 Å².